The highest BCUT2D eigenvalue weighted by molar-refractivity contribution is 7.94. The maximum Gasteiger partial charge on any atom is 0.244 e. The highest BCUT2D eigenvalue weighted by Gasteiger charge is 2.42. The summed E-state index contributed by atoms with van der Waals surface area (Å²) in [6.07, 6.45) is 0.378. The maximum absolute atomic E-state index is 13.1. The number of hydrogen-bond acceptors (Lipinski definition) is 7. The van der Waals surface area contributed by atoms with Gasteiger partial charge in [-0.25, -0.2) is 25.9 Å². The third kappa shape index (κ3) is 4.89. The molecule has 1 atom stereocenters. The first-order valence-corrected chi connectivity index (χ1v) is 13.1. The van der Waals surface area contributed by atoms with E-state index in [9.17, 15) is 21.6 Å². The fourth-order valence-corrected chi connectivity index (χ4v) is 6.51. The molecule has 1 heterocycles. The second-order valence-corrected chi connectivity index (χ2v) is 10.9. The third-order valence-electron chi connectivity index (χ3n) is 4.99. The first-order valence-electron chi connectivity index (χ1n) is 10.1. The van der Waals surface area contributed by atoms with Gasteiger partial charge in [-0.1, -0.05) is 25.1 Å². The summed E-state index contributed by atoms with van der Waals surface area (Å²) in [7, 11) is -6.41. The van der Waals surface area contributed by atoms with Crippen molar-refractivity contribution in [3.63, 3.8) is 0 Å². The molecular weight excluding hydrogens is 456 g/mol. The van der Waals surface area contributed by atoms with Crippen LogP contribution in [0.1, 0.15) is 19.4 Å². The fraction of sp³-hybridized carbons (Fsp3) is 0.381. The van der Waals surface area contributed by atoms with Crippen LogP contribution in [-0.2, 0) is 31.3 Å². The van der Waals surface area contributed by atoms with Gasteiger partial charge in [0.2, 0.25) is 26.0 Å². The molecule has 0 radical (unpaired) electrons. The van der Waals surface area contributed by atoms with Gasteiger partial charge in [0.25, 0.3) is 0 Å². The maximum atomic E-state index is 13.1. The lowest BCUT2D eigenvalue weighted by molar-refractivity contribution is -0.119. The van der Waals surface area contributed by atoms with Gasteiger partial charge < -0.3 is 9.47 Å². The van der Waals surface area contributed by atoms with Crippen LogP contribution in [0.25, 0.3) is 0 Å². The monoisotopic (exact) mass is 482 g/mol. The van der Waals surface area contributed by atoms with Crippen LogP contribution < -0.4 is 18.5 Å². The van der Waals surface area contributed by atoms with E-state index in [1.165, 1.54) is 26.2 Å². The summed E-state index contributed by atoms with van der Waals surface area (Å²) >= 11 is 0. The smallest absolute Gasteiger partial charge is 0.244 e. The summed E-state index contributed by atoms with van der Waals surface area (Å²) < 4.78 is 64.9. The van der Waals surface area contributed by atoms with Gasteiger partial charge in [0.15, 0.2) is 0 Å². The zero-order valence-corrected chi connectivity index (χ0v) is 19.7. The van der Waals surface area contributed by atoms with E-state index in [1.54, 1.807) is 13.0 Å². The van der Waals surface area contributed by atoms with Gasteiger partial charge in [-0.3, -0.25) is 4.79 Å². The summed E-state index contributed by atoms with van der Waals surface area (Å²) in [5.74, 6) is -0.904. The first kappa shape index (κ1) is 24.0. The minimum Gasteiger partial charge on any atom is -0.496 e. The number of carbonyl (C=O) groups is 1. The van der Waals surface area contributed by atoms with E-state index in [-0.39, 0.29) is 35.2 Å². The van der Waals surface area contributed by atoms with Crippen LogP contribution in [-0.4, -0.2) is 48.8 Å². The molecule has 1 fully saturated rings. The van der Waals surface area contributed by atoms with Crippen molar-refractivity contribution >= 4 is 31.6 Å². The lowest BCUT2D eigenvalue weighted by Gasteiger charge is -2.18. The Morgan fingerprint density at radius 1 is 1.16 bits per heavy atom. The molecule has 2 aromatic carbocycles. The normalized spacial score (nSPS) is 18.0. The molecule has 1 unspecified atom stereocenters. The number of anilines is 1. The Kier molecular flexibility index (Phi) is 7.11. The van der Waals surface area contributed by atoms with Crippen molar-refractivity contribution in [2.75, 3.05) is 30.3 Å². The van der Waals surface area contributed by atoms with Crippen LogP contribution in [0, 0.1) is 5.92 Å². The number of sulfonamides is 2. The van der Waals surface area contributed by atoms with Crippen molar-refractivity contribution in [2.45, 2.75) is 25.2 Å². The Hall–Kier alpha value is -2.63. The molecule has 11 heteroatoms. The zero-order chi connectivity index (χ0) is 23.5. The first-order chi connectivity index (χ1) is 15.1. The van der Waals surface area contributed by atoms with Crippen molar-refractivity contribution < 1.29 is 31.1 Å². The van der Waals surface area contributed by atoms with Crippen LogP contribution in [0.2, 0.25) is 0 Å². The van der Waals surface area contributed by atoms with E-state index in [1.807, 2.05) is 18.2 Å². The van der Waals surface area contributed by atoms with Crippen molar-refractivity contribution in [3.8, 4) is 11.5 Å². The second kappa shape index (κ2) is 9.47. The number of carbonyl (C=O) groups excluding carboxylic acids is 1. The standard InChI is InChI=1S/C21H26N2O7S2/c1-4-30-19-10-9-17(23-21(24)15(2)14-31(23,25)26)13-20(19)32(27,28)22-12-11-16-7-5-6-8-18(16)29-3/h5-10,13,15,22H,4,11-12,14H2,1-3H3. The van der Waals surface area contributed by atoms with Crippen LogP contribution in [0.5, 0.6) is 11.5 Å². The molecule has 0 saturated carbocycles. The van der Waals surface area contributed by atoms with E-state index in [0.717, 1.165) is 11.6 Å². The summed E-state index contributed by atoms with van der Waals surface area (Å²) in [6.45, 7) is 3.51. The molecule has 0 aliphatic carbocycles. The molecule has 32 heavy (non-hydrogen) atoms. The van der Waals surface area contributed by atoms with Crippen molar-refractivity contribution in [1.82, 2.24) is 4.72 Å². The second-order valence-electron chi connectivity index (χ2n) is 7.31. The molecule has 2 aromatic rings. The van der Waals surface area contributed by atoms with Crippen molar-refractivity contribution in [3.05, 3.63) is 48.0 Å². The summed E-state index contributed by atoms with van der Waals surface area (Å²) in [4.78, 5) is 12.2. The number of ether oxygens (including phenoxy) is 2. The Morgan fingerprint density at radius 3 is 2.50 bits per heavy atom. The lowest BCUT2D eigenvalue weighted by atomic mass is 10.1. The van der Waals surface area contributed by atoms with Gasteiger partial charge in [-0.2, -0.15) is 0 Å². The number of rotatable bonds is 9. The number of methoxy groups -OCH3 is 1. The highest BCUT2D eigenvalue weighted by Crippen LogP contribution is 2.34. The molecule has 3 rings (SSSR count). The third-order valence-corrected chi connectivity index (χ3v) is 8.34. The Bertz CT molecular complexity index is 1210. The molecule has 1 saturated heterocycles. The van der Waals surface area contributed by atoms with Crippen LogP contribution in [0.3, 0.4) is 0 Å². The van der Waals surface area contributed by atoms with Crippen LogP contribution >= 0.6 is 0 Å². The number of nitrogens with one attached hydrogen (secondary N) is 1. The fourth-order valence-electron chi connectivity index (χ4n) is 3.50. The molecule has 1 aliphatic rings. The molecule has 174 valence electrons. The minimum atomic E-state index is -4.07. The van der Waals surface area contributed by atoms with E-state index in [4.69, 9.17) is 9.47 Å². The van der Waals surface area contributed by atoms with E-state index >= 15 is 0 Å². The quantitative estimate of drug-likeness (QED) is 0.580. The number of para-hydroxylation sites is 1. The Balaban J connectivity index is 1.90. The van der Waals surface area contributed by atoms with Gasteiger partial charge in [0, 0.05) is 6.54 Å². The van der Waals surface area contributed by atoms with Gasteiger partial charge in [-0.05, 0) is 43.2 Å². The predicted molar refractivity (Wildman–Crippen MR) is 120 cm³/mol. The molecule has 9 nitrogen and oxygen atoms in total. The van der Waals surface area contributed by atoms with Gasteiger partial charge in [-0.15, -0.1) is 0 Å². The van der Waals surface area contributed by atoms with Gasteiger partial charge in [0.05, 0.1) is 31.1 Å². The molecule has 0 spiro atoms. The molecular formula is C21H26N2O7S2. The molecule has 0 bridgehead atoms. The highest BCUT2D eigenvalue weighted by atomic mass is 32.2. The van der Waals surface area contributed by atoms with E-state index in [2.05, 4.69) is 4.72 Å². The minimum absolute atomic E-state index is 0.0343. The van der Waals surface area contributed by atoms with Gasteiger partial charge >= 0.3 is 0 Å². The van der Waals surface area contributed by atoms with E-state index in [0.29, 0.717) is 16.5 Å². The number of hydrogen-bond donors (Lipinski definition) is 1. The average molecular weight is 483 g/mol. The van der Waals surface area contributed by atoms with E-state index < -0.39 is 31.9 Å². The van der Waals surface area contributed by atoms with Crippen molar-refractivity contribution in [2.24, 2.45) is 5.92 Å². The number of nitrogens with zero attached hydrogens (tertiary/aromatic N) is 1. The largest absolute Gasteiger partial charge is 0.496 e. The van der Waals surface area contributed by atoms with Crippen LogP contribution in [0.15, 0.2) is 47.4 Å². The number of amides is 1. The summed E-state index contributed by atoms with van der Waals surface area (Å²) in [5.41, 5.74) is 0.798. The number of benzene rings is 2. The molecule has 1 aliphatic heterocycles. The average Bonchev–Trinajstić information content (AvgIpc) is 2.95. The van der Waals surface area contributed by atoms with Crippen LogP contribution in [0.4, 0.5) is 5.69 Å². The van der Waals surface area contributed by atoms with Crippen molar-refractivity contribution in [1.29, 1.82) is 0 Å². The van der Waals surface area contributed by atoms with Gasteiger partial charge in [0.1, 0.15) is 16.4 Å². The SMILES string of the molecule is CCOc1ccc(N2C(=O)C(C)CS2(=O)=O)cc1S(=O)(=O)NCCc1ccccc1OC. The Morgan fingerprint density at radius 2 is 1.88 bits per heavy atom. The lowest BCUT2D eigenvalue weighted by Crippen LogP contribution is -2.31. The zero-order valence-electron chi connectivity index (χ0n) is 18.1. The summed E-state index contributed by atoms with van der Waals surface area (Å²) in [6, 6.07) is 11.2. The topological polar surface area (TPSA) is 119 Å². The summed E-state index contributed by atoms with van der Waals surface area (Å²) in [5, 5.41) is 0. The predicted octanol–water partition coefficient (Wildman–Crippen LogP) is 1.93. The molecule has 1 amide bonds. The molecule has 1 N–H and O–H groups in total. The molecule has 0 aromatic heterocycles. The Labute approximate surface area is 188 Å².